The Morgan fingerprint density at radius 3 is 2.56 bits per heavy atom. The Kier molecular flexibility index (Phi) is 6.60. The summed E-state index contributed by atoms with van der Waals surface area (Å²) in [6.45, 7) is 6.87. The molecule has 8 heteroatoms. The highest BCUT2D eigenvalue weighted by molar-refractivity contribution is 7.17. The Balaban J connectivity index is 2.22. The summed E-state index contributed by atoms with van der Waals surface area (Å²) in [7, 11) is 0. The van der Waals surface area contributed by atoms with Crippen LogP contribution in [0.15, 0.2) is 0 Å². The SMILES string of the molecule is CCOC(=O)c1c(NC(=O)CC(C)(C)CC(F)(F)F)sc2c1CCC(C)C2. The van der Waals surface area contributed by atoms with Gasteiger partial charge in [-0.2, -0.15) is 13.2 Å². The Labute approximate surface area is 161 Å². The minimum Gasteiger partial charge on any atom is -0.462 e. The van der Waals surface area contributed by atoms with Crippen molar-refractivity contribution in [2.75, 3.05) is 11.9 Å². The minimum atomic E-state index is -4.34. The van der Waals surface area contributed by atoms with Crippen LogP contribution in [0.3, 0.4) is 0 Å². The zero-order valence-electron chi connectivity index (χ0n) is 16.1. The Bertz CT molecular complexity index is 710. The molecule has 27 heavy (non-hydrogen) atoms. The van der Waals surface area contributed by atoms with Gasteiger partial charge in [0, 0.05) is 17.7 Å². The van der Waals surface area contributed by atoms with Gasteiger partial charge in [-0.3, -0.25) is 4.79 Å². The van der Waals surface area contributed by atoms with Gasteiger partial charge in [0.05, 0.1) is 12.2 Å². The van der Waals surface area contributed by atoms with Crippen LogP contribution in [-0.2, 0) is 22.4 Å². The van der Waals surface area contributed by atoms with E-state index in [2.05, 4.69) is 12.2 Å². The average Bonchev–Trinajstić information content (AvgIpc) is 2.80. The van der Waals surface area contributed by atoms with E-state index in [-0.39, 0.29) is 13.0 Å². The van der Waals surface area contributed by atoms with E-state index in [0.29, 0.717) is 16.5 Å². The van der Waals surface area contributed by atoms with Crippen molar-refractivity contribution in [1.82, 2.24) is 0 Å². The van der Waals surface area contributed by atoms with Crippen LogP contribution in [0.25, 0.3) is 0 Å². The number of nitrogens with one attached hydrogen (secondary N) is 1. The predicted octanol–water partition coefficient (Wildman–Crippen LogP) is 5.36. The van der Waals surface area contributed by atoms with E-state index in [1.54, 1.807) is 6.92 Å². The van der Waals surface area contributed by atoms with Crippen LogP contribution in [0.4, 0.5) is 18.2 Å². The van der Waals surface area contributed by atoms with Gasteiger partial charge in [-0.15, -0.1) is 11.3 Å². The maximum atomic E-state index is 12.7. The van der Waals surface area contributed by atoms with Crippen LogP contribution in [0, 0.1) is 11.3 Å². The van der Waals surface area contributed by atoms with Gasteiger partial charge in [0.1, 0.15) is 5.00 Å². The summed E-state index contributed by atoms with van der Waals surface area (Å²) in [6, 6.07) is 0. The van der Waals surface area contributed by atoms with Crippen LogP contribution in [-0.4, -0.2) is 24.7 Å². The van der Waals surface area contributed by atoms with Crippen LogP contribution < -0.4 is 5.32 Å². The number of carbonyl (C=O) groups is 2. The monoisotopic (exact) mass is 405 g/mol. The number of fused-ring (bicyclic) bond motifs is 1. The highest BCUT2D eigenvalue weighted by Crippen LogP contribution is 2.41. The summed E-state index contributed by atoms with van der Waals surface area (Å²) in [5, 5.41) is 3.06. The zero-order valence-corrected chi connectivity index (χ0v) is 16.9. The summed E-state index contributed by atoms with van der Waals surface area (Å²) < 4.78 is 43.2. The molecule has 1 unspecified atom stereocenters. The highest BCUT2D eigenvalue weighted by Gasteiger charge is 2.38. The second-order valence-electron chi connectivity index (χ2n) is 7.96. The first-order valence-electron chi connectivity index (χ1n) is 9.10. The normalized spacial score (nSPS) is 17.4. The molecule has 1 atom stereocenters. The van der Waals surface area contributed by atoms with E-state index in [4.69, 9.17) is 4.74 Å². The standard InChI is InChI=1S/C19H26F3NO3S/c1-5-26-17(25)15-12-7-6-11(2)8-13(12)27-16(15)23-14(24)9-18(3,4)10-19(20,21)22/h11H,5-10H2,1-4H3,(H,23,24). The predicted molar refractivity (Wildman–Crippen MR) is 99.2 cm³/mol. The molecule has 152 valence electrons. The molecule has 1 aliphatic rings. The topological polar surface area (TPSA) is 55.4 Å². The van der Waals surface area contributed by atoms with Crippen LogP contribution in [0.5, 0.6) is 0 Å². The quantitative estimate of drug-likeness (QED) is 0.649. The molecule has 0 aliphatic heterocycles. The van der Waals surface area contributed by atoms with E-state index in [1.165, 1.54) is 25.2 Å². The molecule has 2 rings (SSSR count). The van der Waals surface area contributed by atoms with Crippen molar-refractivity contribution in [2.24, 2.45) is 11.3 Å². The second-order valence-corrected chi connectivity index (χ2v) is 9.06. The van der Waals surface area contributed by atoms with Crippen LogP contribution in [0.2, 0.25) is 0 Å². The van der Waals surface area contributed by atoms with Gasteiger partial charge < -0.3 is 10.1 Å². The van der Waals surface area contributed by atoms with E-state index < -0.39 is 29.9 Å². The summed E-state index contributed by atoms with van der Waals surface area (Å²) in [5.74, 6) is -0.531. The molecule has 4 nitrogen and oxygen atoms in total. The fraction of sp³-hybridized carbons (Fsp3) is 0.684. The van der Waals surface area contributed by atoms with E-state index in [9.17, 15) is 22.8 Å². The molecular weight excluding hydrogens is 379 g/mol. The number of halogens is 3. The first-order chi connectivity index (χ1) is 12.4. The van der Waals surface area contributed by atoms with Crippen molar-refractivity contribution in [3.8, 4) is 0 Å². The fourth-order valence-corrected chi connectivity index (χ4v) is 4.88. The molecule has 1 heterocycles. The summed E-state index contributed by atoms with van der Waals surface area (Å²) >= 11 is 1.33. The number of hydrogen-bond acceptors (Lipinski definition) is 4. The van der Waals surface area contributed by atoms with Crippen LogP contribution in [0.1, 0.15) is 67.8 Å². The molecule has 1 aliphatic carbocycles. The number of anilines is 1. The number of hydrogen-bond donors (Lipinski definition) is 1. The number of ether oxygens (including phenoxy) is 1. The third-order valence-electron chi connectivity index (χ3n) is 4.56. The minimum absolute atomic E-state index is 0.214. The lowest BCUT2D eigenvalue weighted by Gasteiger charge is -2.25. The van der Waals surface area contributed by atoms with Gasteiger partial charge in [0.15, 0.2) is 0 Å². The molecule has 1 aromatic heterocycles. The molecule has 0 aromatic carbocycles. The first-order valence-corrected chi connectivity index (χ1v) is 9.92. The number of esters is 1. The maximum Gasteiger partial charge on any atom is 0.389 e. The molecule has 1 amide bonds. The van der Waals surface area contributed by atoms with Crippen molar-refractivity contribution in [3.63, 3.8) is 0 Å². The van der Waals surface area contributed by atoms with Gasteiger partial charge in [0.2, 0.25) is 5.91 Å². The number of rotatable bonds is 6. The van der Waals surface area contributed by atoms with E-state index in [0.717, 1.165) is 29.7 Å². The van der Waals surface area contributed by atoms with Crippen LogP contribution >= 0.6 is 11.3 Å². The van der Waals surface area contributed by atoms with Crippen molar-refractivity contribution >= 4 is 28.2 Å². The van der Waals surface area contributed by atoms with E-state index in [1.807, 2.05) is 0 Å². The third-order valence-corrected chi connectivity index (χ3v) is 5.73. The number of alkyl halides is 3. The number of carbonyl (C=O) groups excluding carboxylic acids is 2. The van der Waals surface area contributed by atoms with Gasteiger partial charge in [-0.25, -0.2) is 4.79 Å². The van der Waals surface area contributed by atoms with Crippen molar-refractivity contribution < 1.29 is 27.5 Å². The second kappa shape index (κ2) is 8.20. The third kappa shape index (κ3) is 5.96. The molecule has 0 saturated carbocycles. The lowest BCUT2D eigenvalue weighted by Crippen LogP contribution is -2.28. The molecule has 0 spiro atoms. The van der Waals surface area contributed by atoms with Gasteiger partial charge in [-0.05, 0) is 43.1 Å². The van der Waals surface area contributed by atoms with Gasteiger partial charge >= 0.3 is 12.1 Å². The molecule has 0 fully saturated rings. The van der Waals surface area contributed by atoms with Crippen molar-refractivity contribution in [1.29, 1.82) is 0 Å². The molecule has 0 saturated heterocycles. The largest absolute Gasteiger partial charge is 0.462 e. The molecule has 1 aromatic rings. The summed E-state index contributed by atoms with van der Waals surface area (Å²) in [4.78, 5) is 25.9. The molecule has 0 radical (unpaired) electrons. The summed E-state index contributed by atoms with van der Waals surface area (Å²) in [6.07, 6.45) is -3.16. The Morgan fingerprint density at radius 1 is 1.30 bits per heavy atom. The smallest absolute Gasteiger partial charge is 0.389 e. The lowest BCUT2D eigenvalue weighted by atomic mass is 9.85. The highest BCUT2D eigenvalue weighted by atomic mass is 32.1. The maximum absolute atomic E-state index is 12.7. The Hall–Kier alpha value is -1.57. The van der Waals surface area contributed by atoms with Gasteiger partial charge in [0.25, 0.3) is 0 Å². The Morgan fingerprint density at radius 2 is 1.96 bits per heavy atom. The first kappa shape index (κ1) is 21.7. The molecule has 0 bridgehead atoms. The molecular formula is C19H26F3NO3S. The van der Waals surface area contributed by atoms with Gasteiger partial charge in [-0.1, -0.05) is 20.8 Å². The van der Waals surface area contributed by atoms with Crippen molar-refractivity contribution in [2.45, 2.75) is 66.0 Å². The number of amides is 1. The summed E-state index contributed by atoms with van der Waals surface area (Å²) in [5.41, 5.74) is 0.0461. The fourth-order valence-electron chi connectivity index (χ4n) is 3.47. The van der Waals surface area contributed by atoms with Crippen molar-refractivity contribution in [3.05, 3.63) is 16.0 Å². The lowest BCUT2D eigenvalue weighted by molar-refractivity contribution is -0.156. The molecule has 1 N–H and O–H groups in total. The zero-order chi connectivity index (χ0) is 20.4. The van der Waals surface area contributed by atoms with E-state index >= 15 is 0 Å². The number of thiophene rings is 1. The average molecular weight is 405 g/mol.